The normalized spacial score (nSPS) is 10.2. The third kappa shape index (κ3) is 5.19. The summed E-state index contributed by atoms with van der Waals surface area (Å²) < 4.78 is 6.27. The van der Waals surface area contributed by atoms with Gasteiger partial charge in [-0.2, -0.15) is 0 Å². The largest absolute Gasteiger partial charge is 0.496 e. The van der Waals surface area contributed by atoms with Gasteiger partial charge in [-0.15, -0.1) is 0 Å². The second-order valence-corrected chi connectivity index (χ2v) is 4.52. The van der Waals surface area contributed by atoms with E-state index in [0.717, 1.165) is 28.8 Å². The lowest BCUT2D eigenvalue weighted by Gasteiger charge is -2.09. The van der Waals surface area contributed by atoms with Crippen molar-refractivity contribution in [2.45, 2.75) is 12.8 Å². The number of nitrogens with one attached hydrogen (secondary N) is 1. The number of carboxylic acid groups (broad SMARTS) is 1. The highest BCUT2D eigenvalue weighted by Crippen LogP contribution is 2.22. The molecule has 0 amide bonds. The van der Waals surface area contributed by atoms with Crippen molar-refractivity contribution in [3.05, 3.63) is 28.2 Å². The Morgan fingerprint density at radius 2 is 2.24 bits per heavy atom. The number of carbonyl (C=O) groups is 1. The van der Waals surface area contributed by atoms with E-state index in [2.05, 4.69) is 21.2 Å². The first kappa shape index (κ1) is 14.0. The van der Waals surface area contributed by atoms with E-state index in [0.29, 0.717) is 6.54 Å². The maximum absolute atomic E-state index is 10.3. The predicted octanol–water partition coefficient (Wildman–Crippen LogP) is 2.06. The first-order valence-electron chi connectivity index (χ1n) is 5.38. The van der Waals surface area contributed by atoms with Crippen LogP contribution in [0.3, 0.4) is 0 Å². The molecule has 0 aliphatic heterocycles. The zero-order chi connectivity index (χ0) is 12.7. The van der Waals surface area contributed by atoms with Crippen LogP contribution in [-0.4, -0.2) is 31.3 Å². The van der Waals surface area contributed by atoms with Crippen LogP contribution in [0, 0.1) is 0 Å². The van der Waals surface area contributed by atoms with Gasteiger partial charge in [0.15, 0.2) is 0 Å². The molecule has 0 aromatic heterocycles. The van der Waals surface area contributed by atoms with Crippen LogP contribution in [0.25, 0.3) is 0 Å². The van der Waals surface area contributed by atoms with Crippen molar-refractivity contribution in [3.63, 3.8) is 0 Å². The summed E-state index contributed by atoms with van der Waals surface area (Å²) in [5, 5.41) is 11.6. The lowest BCUT2D eigenvalue weighted by Crippen LogP contribution is -2.20. The molecule has 5 heteroatoms. The maximum Gasteiger partial charge on any atom is 0.304 e. The fourth-order valence-corrected chi connectivity index (χ4v) is 1.89. The number of benzene rings is 1. The molecule has 0 aliphatic carbocycles. The molecule has 4 nitrogen and oxygen atoms in total. The number of halogens is 1. The van der Waals surface area contributed by atoms with Crippen LogP contribution in [0.1, 0.15) is 12.0 Å². The highest BCUT2D eigenvalue weighted by molar-refractivity contribution is 9.10. The van der Waals surface area contributed by atoms with E-state index in [1.54, 1.807) is 7.11 Å². The van der Waals surface area contributed by atoms with E-state index in [1.807, 2.05) is 18.2 Å². The molecule has 0 aliphatic rings. The molecule has 0 radical (unpaired) electrons. The Labute approximate surface area is 109 Å². The van der Waals surface area contributed by atoms with Crippen molar-refractivity contribution < 1.29 is 14.6 Å². The molecule has 17 heavy (non-hydrogen) atoms. The van der Waals surface area contributed by atoms with E-state index >= 15 is 0 Å². The highest BCUT2D eigenvalue weighted by atomic mass is 79.9. The minimum Gasteiger partial charge on any atom is -0.496 e. The molecule has 0 heterocycles. The summed E-state index contributed by atoms with van der Waals surface area (Å²) in [6.07, 6.45) is 0.956. The molecule has 2 N–H and O–H groups in total. The van der Waals surface area contributed by atoms with Gasteiger partial charge in [0, 0.05) is 11.0 Å². The van der Waals surface area contributed by atoms with Crippen molar-refractivity contribution in [2.24, 2.45) is 0 Å². The maximum atomic E-state index is 10.3. The van der Waals surface area contributed by atoms with Crippen LogP contribution < -0.4 is 10.1 Å². The number of hydrogen-bond acceptors (Lipinski definition) is 3. The van der Waals surface area contributed by atoms with E-state index in [-0.39, 0.29) is 6.42 Å². The van der Waals surface area contributed by atoms with Gasteiger partial charge in [0.25, 0.3) is 0 Å². The summed E-state index contributed by atoms with van der Waals surface area (Å²) in [4.78, 5) is 10.3. The first-order chi connectivity index (χ1) is 8.13. The fraction of sp³-hybridized carbons (Fsp3) is 0.417. The van der Waals surface area contributed by atoms with Gasteiger partial charge in [0.05, 0.1) is 13.5 Å². The molecular formula is C12H16BrNO3. The molecule has 0 spiro atoms. The predicted molar refractivity (Wildman–Crippen MR) is 69.5 cm³/mol. The number of carboxylic acids is 1. The van der Waals surface area contributed by atoms with Crippen molar-refractivity contribution in [1.29, 1.82) is 0 Å². The lowest BCUT2D eigenvalue weighted by atomic mass is 10.1. The van der Waals surface area contributed by atoms with Crippen molar-refractivity contribution in [2.75, 3.05) is 20.2 Å². The topological polar surface area (TPSA) is 58.6 Å². The smallest absolute Gasteiger partial charge is 0.304 e. The molecule has 94 valence electrons. The quantitative estimate of drug-likeness (QED) is 0.757. The van der Waals surface area contributed by atoms with Gasteiger partial charge in [0.2, 0.25) is 0 Å². The minimum atomic E-state index is -0.780. The average molecular weight is 302 g/mol. The molecule has 0 saturated heterocycles. The molecule has 0 fully saturated rings. The Morgan fingerprint density at radius 1 is 1.47 bits per heavy atom. The SMILES string of the molecule is COc1ccc(Br)cc1CCNCCC(=O)O. The Hall–Kier alpha value is -1.07. The summed E-state index contributed by atoms with van der Waals surface area (Å²) in [5.74, 6) is 0.0748. The van der Waals surface area contributed by atoms with Crippen LogP contribution in [0.4, 0.5) is 0 Å². The van der Waals surface area contributed by atoms with Crippen LogP contribution in [0.15, 0.2) is 22.7 Å². The second-order valence-electron chi connectivity index (χ2n) is 3.60. The third-order valence-electron chi connectivity index (χ3n) is 2.33. The van der Waals surface area contributed by atoms with Crippen molar-refractivity contribution in [1.82, 2.24) is 5.32 Å². The van der Waals surface area contributed by atoms with E-state index in [9.17, 15) is 4.79 Å². The van der Waals surface area contributed by atoms with E-state index < -0.39 is 5.97 Å². The minimum absolute atomic E-state index is 0.148. The molecule has 1 rings (SSSR count). The summed E-state index contributed by atoms with van der Waals surface area (Å²) in [7, 11) is 1.64. The van der Waals surface area contributed by atoms with E-state index in [1.165, 1.54) is 0 Å². The summed E-state index contributed by atoms with van der Waals surface area (Å²) in [6.45, 7) is 1.23. The van der Waals surface area contributed by atoms with Crippen LogP contribution in [0.5, 0.6) is 5.75 Å². The molecule has 0 atom stereocenters. The zero-order valence-corrected chi connectivity index (χ0v) is 11.3. The van der Waals surface area contributed by atoms with Gasteiger partial charge < -0.3 is 15.2 Å². The number of ether oxygens (including phenoxy) is 1. The van der Waals surface area contributed by atoms with E-state index in [4.69, 9.17) is 9.84 Å². The summed E-state index contributed by atoms with van der Waals surface area (Å²) in [5.41, 5.74) is 1.10. The number of methoxy groups -OCH3 is 1. The number of rotatable bonds is 7. The van der Waals surface area contributed by atoms with Gasteiger partial charge in [-0.1, -0.05) is 15.9 Å². The Balaban J connectivity index is 2.40. The molecule has 0 unspecified atom stereocenters. The Bertz CT molecular complexity index is 382. The number of hydrogen-bond donors (Lipinski definition) is 2. The van der Waals surface area contributed by atoms with Gasteiger partial charge >= 0.3 is 5.97 Å². The molecule has 0 saturated carbocycles. The number of aliphatic carboxylic acids is 1. The molecule has 1 aromatic carbocycles. The van der Waals surface area contributed by atoms with Crippen molar-refractivity contribution >= 4 is 21.9 Å². The van der Waals surface area contributed by atoms with Gasteiger partial charge in [-0.3, -0.25) is 4.79 Å². The molecule has 1 aromatic rings. The summed E-state index contributed by atoms with van der Waals surface area (Å²) in [6, 6.07) is 5.86. The zero-order valence-electron chi connectivity index (χ0n) is 9.70. The molecule has 0 bridgehead atoms. The van der Waals surface area contributed by atoms with Crippen LogP contribution in [0.2, 0.25) is 0 Å². The van der Waals surface area contributed by atoms with Gasteiger partial charge in [-0.25, -0.2) is 0 Å². The average Bonchev–Trinajstić information content (AvgIpc) is 2.28. The first-order valence-corrected chi connectivity index (χ1v) is 6.17. The lowest BCUT2D eigenvalue weighted by molar-refractivity contribution is -0.136. The Morgan fingerprint density at radius 3 is 2.88 bits per heavy atom. The fourth-order valence-electron chi connectivity index (χ4n) is 1.49. The standard InChI is InChI=1S/C12H16BrNO3/c1-17-11-3-2-10(13)8-9(11)4-6-14-7-5-12(15)16/h2-3,8,14H,4-7H2,1H3,(H,15,16). The van der Waals surface area contributed by atoms with Crippen LogP contribution in [-0.2, 0) is 11.2 Å². The van der Waals surface area contributed by atoms with Gasteiger partial charge in [-0.05, 0) is 36.7 Å². The third-order valence-corrected chi connectivity index (χ3v) is 2.82. The molecular weight excluding hydrogens is 286 g/mol. The summed E-state index contributed by atoms with van der Waals surface area (Å²) >= 11 is 3.41. The van der Waals surface area contributed by atoms with Crippen LogP contribution >= 0.6 is 15.9 Å². The van der Waals surface area contributed by atoms with Crippen molar-refractivity contribution in [3.8, 4) is 5.75 Å². The second kappa shape index (κ2) is 7.29. The Kier molecular flexibility index (Phi) is 6.00. The monoisotopic (exact) mass is 301 g/mol. The van der Waals surface area contributed by atoms with Gasteiger partial charge in [0.1, 0.15) is 5.75 Å². The highest BCUT2D eigenvalue weighted by Gasteiger charge is 2.03.